The molecule has 9 heteroatoms. The highest BCUT2D eigenvalue weighted by atomic mass is 16.6. The maximum absolute atomic E-state index is 13.9. The van der Waals surface area contributed by atoms with Gasteiger partial charge in [-0.25, -0.2) is 9.79 Å². The normalized spacial score (nSPS) is 19.1. The standard InChI is InChI=1S/C28H31N5O4/c1-27(2,3)37-26(36)30-25-31-28(4,23(34)22(17-32(5)6)24(35)33(25)7)21-13-9-12-20(15-21)19-11-8-10-18(14-19)16-29/h8-15,17H,1-7H3,(H,30,31,36)/b22-17-. The van der Waals surface area contributed by atoms with E-state index in [1.807, 2.05) is 12.1 Å². The number of ketones is 1. The molecular formula is C28H31N5O4. The largest absolute Gasteiger partial charge is 0.444 e. The number of amides is 2. The summed E-state index contributed by atoms with van der Waals surface area (Å²) in [5, 5.41) is 11.8. The zero-order chi connectivity index (χ0) is 27.5. The third-order valence-electron chi connectivity index (χ3n) is 5.62. The molecule has 2 aromatic rings. The first kappa shape index (κ1) is 27.1. The summed E-state index contributed by atoms with van der Waals surface area (Å²) in [6, 6.07) is 16.4. The fraction of sp³-hybridized carbons (Fsp3) is 0.321. The summed E-state index contributed by atoms with van der Waals surface area (Å²) in [7, 11) is 4.85. The SMILES string of the molecule is CN(C)/C=C1\C(=O)N(C)C(NC(=O)OC(C)(C)C)=NC(C)(c2cccc(-c3cccc(C#N)c3)c2)C1=O. The van der Waals surface area contributed by atoms with Gasteiger partial charge in [-0.1, -0.05) is 30.3 Å². The first-order valence-corrected chi connectivity index (χ1v) is 11.7. The molecule has 2 aromatic carbocycles. The molecule has 1 aliphatic rings. The fourth-order valence-corrected chi connectivity index (χ4v) is 3.82. The number of aliphatic imine (C=N–C) groups is 1. The van der Waals surface area contributed by atoms with Crippen LogP contribution in [0.1, 0.15) is 38.8 Å². The highest BCUT2D eigenvalue weighted by molar-refractivity contribution is 6.27. The zero-order valence-corrected chi connectivity index (χ0v) is 22.1. The predicted octanol–water partition coefficient (Wildman–Crippen LogP) is 3.81. The summed E-state index contributed by atoms with van der Waals surface area (Å²) >= 11 is 0. The Morgan fingerprint density at radius 3 is 2.35 bits per heavy atom. The second kappa shape index (κ2) is 10.3. The molecule has 192 valence electrons. The first-order valence-electron chi connectivity index (χ1n) is 11.7. The molecule has 0 spiro atoms. The van der Waals surface area contributed by atoms with Crippen LogP contribution in [0, 0.1) is 11.3 Å². The average molecular weight is 502 g/mol. The van der Waals surface area contributed by atoms with Crippen LogP contribution in [0.15, 0.2) is 65.3 Å². The number of nitrogens with one attached hydrogen (secondary N) is 1. The number of Topliss-reactive ketones (excluding diaryl/α,β-unsaturated/α-hetero) is 1. The maximum Gasteiger partial charge on any atom is 0.414 e. The van der Waals surface area contributed by atoms with Crippen molar-refractivity contribution < 1.29 is 19.1 Å². The molecule has 1 heterocycles. The molecule has 1 N–H and O–H groups in total. The molecule has 2 amide bonds. The lowest BCUT2D eigenvalue weighted by molar-refractivity contribution is -0.127. The number of benzene rings is 2. The number of carbonyl (C=O) groups excluding carboxylic acids is 3. The Balaban J connectivity index is 2.19. The smallest absolute Gasteiger partial charge is 0.414 e. The Morgan fingerprint density at radius 1 is 1.14 bits per heavy atom. The van der Waals surface area contributed by atoms with Gasteiger partial charge in [-0.2, -0.15) is 5.26 Å². The lowest BCUT2D eigenvalue weighted by Crippen LogP contribution is -2.46. The van der Waals surface area contributed by atoms with Gasteiger partial charge in [0, 0.05) is 27.3 Å². The summed E-state index contributed by atoms with van der Waals surface area (Å²) in [5.41, 5.74) is 0.145. The number of carbonyl (C=O) groups is 3. The molecule has 37 heavy (non-hydrogen) atoms. The van der Waals surface area contributed by atoms with Crippen molar-refractivity contribution >= 4 is 23.7 Å². The quantitative estimate of drug-likeness (QED) is 0.505. The molecule has 0 saturated heterocycles. The van der Waals surface area contributed by atoms with E-state index in [9.17, 15) is 19.6 Å². The van der Waals surface area contributed by atoms with E-state index in [0.29, 0.717) is 11.1 Å². The minimum absolute atomic E-state index is 0.0865. The van der Waals surface area contributed by atoms with Gasteiger partial charge in [-0.05, 0) is 62.6 Å². The summed E-state index contributed by atoms with van der Waals surface area (Å²) in [4.78, 5) is 47.2. The minimum Gasteiger partial charge on any atom is -0.444 e. The topological polar surface area (TPSA) is 115 Å². The van der Waals surface area contributed by atoms with Crippen molar-refractivity contribution in [2.45, 2.75) is 38.8 Å². The Morgan fingerprint density at radius 2 is 1.76 bits per heavy atom. The van der Waals surface area contributed by atoms with Crippen molar-refractivity contribution in [3.8, 4) is 17.2 Å². The van der Waals surface area contributed by atoms with Crippen molar-refractivity contribution in [2.24, 2.45) is 4.99 Å². The van der Waals surface area contributed by atoms with Gasteiger partial charge >= 0.3 is 6.09 Å². The Kier molecular flexibility index (Phi) is 7.53. The summed E-state index contributed by atoms with van der Waals surface area (Å²) in [5.74, 6) is -1.26. The molecule has 0 bridgehead atoms. The molecule has 1 unspecified atom stereocenters. The average Bonchev–Trinajstić information content (AvgIpc) is 2.89. The van der Waals surface area contributed by atoms with Gasteiger partial charge in [0.1, 0.15) is 16.7 Å². The van der Waals surface area contributed by atoms with Gasteiger partial charge in [-0.3, -0.25) is 19.8 Å². The predicted molar refractivity (Wildman–Crippen MR) is 140 cm³/mol. The Bertz CT molecular complexity index is 1350. The van der Waals surface area contributed by atoms with E-state index in [1.54, 1.807) is 83.1 Å². The molecule has 1 aliphatic heterocycles. The zero-order valence-electron chi connectivity index (χ0n) is 22.1. The van der Waals surface area contributed by atoms with Gasteiger partial charge in [0.05, 0.1) is 11.6 Å². The third-order valence-corrected chi connectivity index (χ3v) is 5.62. The van der Waals surface area contributed by atoms with Crippen LogP contribution in [0.4, 0.5) is 4.79 Å². The second-order valence-corrected chi connectivity index (χ2v) is 10.1. The highest BCUT2D eigenvalue weighted by Crippen LogP contribution is 2.35. The lowest BCUT2D eigenvalue weighted by Gasteiger charge is -2.25. The van der Waals surface area contributed by atoms with Crippen molar-refractivity contribution in [3.05, 3.63) is 71.4 Å². The Hall–Kier alpha value is -4.45. The minimum atomic E-state index is -1.56. The van der Waals surface area contributed by atoms with Crippen LogP contribution in [0.3, 0.4) is 0 Å². The fourth-order valence-electron chi connectivity index (χ4n) is 3.82. The molecule has 0 saturated carbocycles. The van der Waals surface area contributed by atoms with Gasteiger partial charge in [0.2, 0.25) is 11.7 Å². The molecule has 1 atom stereocenters. The number of alkyl carbamates (subject to hydrolysis) is 1. The van der Waals surface area contributed by atoms with Crippen LogP contribution in [-0.2, 0) is 19.9 Å². The number of likely N-dealkylation sites (N-methyl/N-ethyl adjacent to an activating group) is 1. The monoisotopic (exact) mass is 501 g/mol. The van der Waals surface area contributed by atoms with Crippen LogP contribution in [0.25, 0.3) is 11.1 Å². The first-order chi connectivity index (χ1) is 17.2. The van der Waals surface area contributed by atoms with Crippen molar-refractivity contribution in [1.29, 1.82) is 5.26 Å². The molecule has 0 radical (unpaired) electrons. The van der Waals surface area contributed by atoms with E-state index in [-0.39, 0.29) is 11.5 Å². The number of hydrogen-bond donors (Lipinski definition) is 1. The van der Waals surface area contributed by atoms with E-state index in [2.05, 4.69) is 16.4 Å². The molecule has 0 aliphatic carbocycles. The van der Waals surface area contributed by atoms with Crippen LogP contribution in [-0.4, -0.2) is 60.3 Å². The van der Waals surface area contributed by atoms with E-state index >= 15 is 0 Å². The number of ether oxygens (including phenoxy) is 1. The van der Waals surface area contributed by atoms with Gasteiger partial charge in [0.15, 0.2) is 0 Å². The van der Waals surface area contributed by atoms with Crippen LogP contribution >= 0.6 is 0 Å². The van der Waals surface area contributed by atoms with E-state index < -0.39 is 28.9 Å². The van der Waals surface area contributed by atoms with Crippen molar-refractivity contribution in [1.82, 2.24) is 15.1 Å². The van der Waals surface area contributed by atoms with E-state index in [4.69, 9.17) is 4.74 Å². The van der Waals surface area contributed by atoms with Crippen LogP contribution < -0.4 is 5.32 Å². The number of nitriles is 1. The molecule has 0 aromatic heterocycles. The second-order valence-electron chi connectivity index (χ2n) is 10.1. The van der Waals surface area contributed by atoms with Gasteiger partial charge in [-0.15, -0.1) is 0 Å². The molecule has 9 nitrogen and oxygen atoms in total. The summed E-state index contributed by atoms with van der Waals surface area (Å²) in [6.07, 6.45) is 0.647. The Labute approximate surface area is 217 Å². The molecule has 0 fully saturated rings. The number of guanidine groups is 1. The molecular weight excluding hydrogens is 470 g/mol. The van der Waals surface area contributed by atoms with Crippen molar-refractivity contribution in [3.63, 3.8) is 0 Å². The van der Waals surface area contributed by atoms with E-state index in [0.717, 1.165) is 16.0 Å². The van der Waals surface area contributed by atoms with Crippen molar-refractivity contribution in [2.75, 3.05) is 21.1 Å². The third kappa shape index (κ3) is 6.04. The van der Waals surface area contributed by atoms with Gasteiger partial charge in [0.25, 0.3) is 5.91 Å². The van der Waals surface area contributed by atoms with Crippen LogP contribution in [0.5, 0.6) is 0 Å². The van der Waals surface area contributed by atoms with E-state index in [1.165, 1.54) is 13.2 Å². The molecule has 3 rings (SSSR count). The van der Waals surface area contributed by atoms with Crippen LogP contribution in [0.2, 0.25) is 0 Å². The highest BCUT2D eigenvalue weighted by Gasteiger charge is 2.44. The number of hydrogen-bond acceptors (Lipinski definition) is 7. The maximum atomic E-state index is 13.9. The summed E-state index contributed by atoms with van der Waals surface area (Å²) < 4.78 is 5.35. The number of rotatable bonds is 3. The number of nitrogens with zero attached hydrogens (tertiary/aromatic N) is 4. The lowest BCUT2D eigenvalue weighted by atomic mass is 9.83. The summed E-state index contributed by atoms with van der Waals surface area (Å²) in [6.45, 7) is 6.75. The van der Waals surface area contributed by atoms with Gasteiger partial charge < -0.3 is 9.64 Å².